The Balaban J connectivity index is 1.29. The van der Waals surface area contributed by atoms with Crippen LogP contribution in [0.5, 0.6) is 11.5 Å². The van der Waals surface area contributed by atoms with E-state index < -0.39 is 16.1 Å². The zero-order chi connectivity index (χ0) is 26.7. The summed E-state index contributed by atoms with van der Waals surface area (Å²) in [5.41, 5.74) is 2.44. The van der Waals surface area contributed by atoms with Crippen molar-refractivity contribution >= 4 is 26.9 Å². The molecule has 0 radical (unpaired) electrons. The lowest BCUT2D eigenvalue weighted by atomic mass is 9.54. The molecule has 3 aliphatic rings. The molecule has 0 saturated heterocycles. The summed E-state index contributed by atoms with van der Waals surface area (Å²) in [6.07, 6.45) is 6.26. The van der Waals surface area contributed by atoms with Gasteiger partial charge in [0.1, 0.15) is 4.90 Å². The Kier molecular flexibility index (Phi) is 6.17. The minimum absolute atomic E-state index is 0.0815. The normalized spacial score (nSPS) is 28.3. The molecule has 5 atom stereocenters. The molecule has 3 aromatic rings. The highest BCUT2D eigenvalue weighted by molar-refractivity contribution is 7.87. The van der Waals surface area contributed by atoms with E-state index in [1.807, 2.05) is 36.4 Å². The zero-order valence-corrected chi connectivity index (χ0v) is 22.7. The smallest absolute Gasteiger partial charge is 0.339 e. The molecule has 2 saturated carbocycles. The Morgan fingerprint density at radius 2 is 1.79 bits per heavy atom. The van der Waals surface area contributed by atoms with Crippen LogP contribution in [-0.4, -0.2) is 26.6 Å². The molecule has 7 heteroatoms. The van der Waals surface area contributed by atoms with Crippen molar-refractivity contribution in [3.63, 3.8) is 0 Å². The van der Waals surface area contributed by atoms with Crippen molar-refractivity contribution in [3.05, 3.63) is 65.7 Å². The van der Waals surface area contributed by atoms with Crippen LogP contribution in [0.4, 0.5) is 0 Å². The molecule has 0 heterocycles. The molecule has 0 spiro atoms. The van der Waals surface area contributed by atoms with Gasteiger partial charge in [0.15, 0.2) is 11.5 Å². The summed E-state index contributed by atoms with van der Waals surface area (Å²) >= 11 is 0. The number of carboxylic acids is 1. The lowest BCUT2D eigenvalue weighted by molar-refractivity contribution is -0.139. The van der Waals surface area contributed by atoms with Gasteiger partial charge in [-0.25, -0.2) is 0 Å². The summed E-state index contributed by atoms with van der Waals surface area (Å²) < 4.78 is 37.9. The first kappa shape index (κ1) is 25.2. The van der Waals surface area contributed by atoms with Gasteiger partial charge in [0, 0.05) is 6.42 Å². The number of hydrogen-bond acceptors (Lipinski definition) is 5. The molecule has 6 nitrogen and oxygen atoms in total. The SMILES string of the molecule is COc1cc2c(cc1OS(=O)(=O)c1ccc3ccccc3c1)CCC1C2CC[C@]2(C)C1CC[C@H]2CC(=O)O. The summed E-state index contributed by atoms with van der Waals surface area (Å²) in [6.45, 7) is 2.32. The van der Waals surface area contributed by atoms with Gasteiger partial charge in [-0.2, -0.15) is 8.42 Å². The van der Waals surface area contributed by atoms with E-state index in [0.717, 1.165) is 54.9 Å². The van der Waals surface area contributed by atoms with Gasteiger partial charge in [0.25, 0.3) is 0 Å². The fourth-order valence-electron chi connectivity index (χ4n) is 7.95. The Morgan fingerprint density at radius 1 is 1.00 bits per heavy atom. The second kappa shape index (κ2) is 9.30. The maximum Gasteiger partial charge on any atom is 0.339 e. The zero-order valence-electron chi connectivity index (χ0n) is 21.9. The van der Waals surface area contributed by atoms with Crippen LogP contribution in [-0.2, 0) is 21.3 Å². The van der Waals surface area contributed by atoms with Crippen LogP contribution in [0.3, 0.4) is 0 Å². The van der Waals surface area contributed by atoms with E-state index in [-0.39, 0.29) is 28.4 Å². The molecule has 1 N–H and O–H groups in total. The number of methoxy groups -OCH3 is 1. The van der Waals surface area contributed by atoms with Crippen molar-refractivity contribution < 1.29 is 27.2 Å². The minimum atomic E-state index is -4.05. The summed E-state index contributed by atoms with van der Waals surface area (Å²) in [7, 11) is -2.51. The standard InChI is InChI=1S/C31H34O6S/c1-31-14-13-24-25(27(31)12-9-22(31)17-30(32)33)11-8-21-16-29(28(36-2)18-26(21)24)37-38(34,35)23-10-7-19-5-3-4-6-20(19)15-23/h3-7,10,15-16,18,22,24-25,27H,8-9,11-14,17H2,1-2H3,(H,32,33)/t22-,24?,25?,27?,31-/m0/s1. The van der Waals surface area contributed by atoms with Crippen molar-refractivity contribution in [2.75, 3.05) is 7.11 Å². The van der Waals surface area contributed by atoms with Crippen molar-refractivity contribution in [1.82, 2.24) is 0 Å². The summed E-state index contributed by atoms with van der Waals surface area (Å²) in [5.74, 6) is 1.62. The number of carboxylic acid groups (broad SMARTS) is 1. The first-order valence-corrected chi connectivity index (χ1v) is 15.0. The molecule has 2 fully saturated rings. The molecular weight excluding hydrogens is 500 g/mol. The van der Waals surface area contributed by atoms with Gasteiger partial charge in [-0.15, -0.1) is 0 Å². The fourth-order valence-corrected chi connectivity index (χ4v) is 8.92. The van der Waals surface area contributed by atoms with Crippen LogP contribution in [0.1, 0.15) is 62.5 Å². The Bertz CT molecular complexity index is 1510. The molecule has 6 rings (SSSR count). The van der Waals surface area contributed by atoms with Gasteiger partial charge in [0.05, 0.1) is 7.11 Å². The van der Waals surface area contributed by atoms with Gasteiger partial charge < -0.3 is 14.0 Å². The van der Waals surface area contributed by atoms with Crippen LogP contribution in [0.25, 0.3) is 10.8 Å². The Hall–Kier alpha value is -3.06. The van der Waals surface area contributed by atoms with Crippen LogP contribution in [0, 0.1) is 23.2 Å². The first-order valence-electron chi connectivity index (χ1n) is 13.6. The highest BCUT2D eigenvalue weighted by Gasteiger charge is 2.55. The summed E-state index contributed by atoms with van der Waals surface area (Å²) in [6, 6.07) is 16.5. The third-order valence-electron chi connectivity index (χ3n) is 9.84. The number of benzene rings is 3. The fraction of sp³-hybridized carbons (Fsp3) is 0.452. The third-order valence-corrected chi connectivity index (χ3v) is 11.1. The lowest BCUT2D eigenvalue weighted by Gasteiger charge is -2.51. The average molecular weight is 535 g/mol. The van der Waals surface area contributed by atoms with Gasteiger partial charge in [-0.05, 0) is 114 Å². The number of carbonyl (C=O) groups is 1. The van der Waals surface area contributed by atoms with Gasteiger partial charge >= 0.3 is 16.1 Å². The molecule has 0 bridgehead atoms. The van der Waals surface area contributed by atoms with Crippen LogP contribution >= 0.6 is 0 Å². The van der Waals surface area contributed by atoms with E-state index in [1.54, 1.807) is 25.3 Å². The van der Waals surface area contributed by atoms with E-state index in [0.29, 0.717) is 23.5 Å². The van der Waals surface area contributed by atoms with Gasteiger partial charge in [-0.1, -0.05) is 37.3 Å². The number of aliphatic carboxylic acids is 1. The van der Waals surface area contributed by atoms with Gasteiger partial charge in [-0.3, -0.25) is 4.79 Å². The van der Waals surface area contributed by atoms with E-state index in [1.165, 1.54) is 5.56 Å². The Labute approximate surface area is 224 Å². The highest BCUT2D eigenvalue weighted by Crippen LogP contribution is 2.64. The van der Waals surface area contributed by atoms with E-state index in [2.05, 4.69) is 6.92 Å². The number of hydrogen-bond donors (Lipinski definition) is 1. The number of fused-ring (bicyclic) bond motifs is 6. The maximum atomic E-state index is 13.3. The average Bonchev–Trinajstić information content (AvgIpc) is 3.23. The molecule has 3 aliphatic carbocycles. The van der Waals surface area contributed by atoms with Crippen molar-refractivity contribution in [1.29, 1.82) is 0 Å². The molecule has 3 aromatic carbocycles. The molecular formula is C31H34O6S. The highest BCUT2D eigenvalue weighted by atomic mass is 32.2. The summed E-state index contributed by atoms with van der Waals surface area (Å²) in [4.78, 5) is 11.6. The molecule has 3 unspecified atom stereocenters. The molecule has 0 amide bonds. The van der Waals surface area contributed by atoms with E-state index >= 15 is 0 Å². The van der Waals surface area contributed by atoms with E-state index in [9.17, 15) is 18.3 Å². The lowest BCUT2D eigenvalue weighted by Crippen LogP contribution is -2.42. The number of ether oxygens (including phenoxy) is 1. The largest absolute Gasteiger partial charge is 0.493 e. The quantitative estimate of drug-likeness (QED) is 0.360. The number of aryl methyl sites for hydroxylation is 1. The summed E-state index contributed by atoms with van der Waals surface area (Å²) in [5, 5.41) is 11.3. The Morgan fingerprint density at radius 3 is 2.55 bits per heavy atom. The van der Waals surface area contributed by atoms with Gasteiger partial charge in [0.2, 0.25) is 0 Å². The molecule has 0 aliphatic heterocycles. The molecule has 0 aromatic heterocycles. The second-order valence-electron chi connectivity index (χ2n) is 11.6. The van der Waals surface area contributed by atoms with Crippen LogP contribution in [0.15, 0.2) is 59.5 Å². The minimum Gasteiger partial charge on any atom is -0.493 e. The van der Waals surface area contributed by atoms with Crippen molar-refractivity contribution in [2.24, 2.45) is 23.2 Å². The maximum absolute atomic E-state index is 13.3. The monoisotopic (exact) mass is 534 g/mol. The van der Waals surface area contributed by atoms with Crippen LogP contribution < -0.4 is 8.92 Å². The van der Waals surface area contributed by atoms with Crippen molar-refractivity contribution in [2.45, 2.75) is 62.7 Å². The van der Waals surface area contributed by atoms with Crippen LogP contribution in [0.2, 0.25) is 0 Å². The molecule has 38 heavy (non-hydrogen) atoms. The predicted octanol–water partition coefficient (Wildman–Crippen LogP) is 6.56. The molecule has 200 valence electrons. The van der Waals surface area contributed by atoms with E-state index in [4.69, 9.17) is 8.92 Å². The first-order chi connectivity index (χ1) is 18.2. The number of rotatable bonds is 6. The predicted molar refractivity (Wildman–Crippen MR) is 145 cm³/mol. The third kappa shape index (κ3) is 4.15. The second-order valence-corrected chi connectivity index (χ2v) is 13.1. The van der Waals surface area contributed by atoms with Crippen molar-refractivity contribution in [3.8, 4) is 11.5 Å². The topological polar surface area (TPSA) is 89.9 Å².